The van der Waals surface area contributed by atoms with Crippen molar-refractivity contribution in [2.75, 3.05) is 7.11 Å². The zero-order valence-corrected chi connectivity index (χ0v) is 11.2. The molecule has 1 unspecified atom stereocenters. The normalized spacial score (nSPS) is 12.3. The number of ether oxygens (including phenoxy) is 1. The van der Waals surface area contributed by atoms with Crippen molar-refractivity contribution in [3.05, 3.63) is 42.0 Å². The number of hydrogen-bond donors (Lipinski definition) is 3. The second-order valence-corrected chi connectivity index (χ2v) is 4.32. The van der Waals surface area contributed by atoms with Gasteiger partial charge in [0.2, 0.25) is 0 Å². The van der Waals surface area contributed by atoms with Crippen molar-refractivity contribution in [1.82, 2.24) is 15.3 Å². The first kappa shape index (κ1) is 13.4. The number of hydrogen-bond acceptors (Lipinski definition) is 4. The minimum Gasteiger partial charge on any atom is -0.504 e. The first-order valence-corrected chi connectivity index (χ1v) is 6.33. The molecule has 0 spiro atoms. The Kier molecular flexibility index (Phi) is 4.41. The molecule has 0 bridgehead atoms. The molecule has 5 heteroatoms. The van der Waals surface area contributed by atoms with Gasteiger partial charge in [0.1, 0.15) is 5.82 Å². The zero-order chi connectivity index (χ0) is 13.7. The summed E-state index contributed by atoms with van der Waals surface area (Å²) in [5.74, 6) is 1.58. The highest BCUT2D eigenvalue weighted by Crippen LogP contribution is 2.26. The van der Waals surface area contributed by atoms with Crippen molar-refractivity contribution in [3.8, 4) is 11.5 Å². The van der Waals surface area contributed by atoms with Gasteiger partial charge in [-0.3, -0.25) is 0 Å². The van der Waals surface area contributed by atoms with Gasteiger partial charge in [0.15, 0.2) is 11.5 Å². The summed E-state index contributed by atoms with van der Waals surface area (Å²) in [6, 6.07) is 5.58. The van der Waals surface area contributed by atoms with Crippen molar-refractivity contribution in [1.29, 1.82) is 0 Å². The molecule has 19 heavy (non-hydrogen) atoms. The first-order valence-electron chi connectivity index (χ1n) is 6.33. The van der Waals surface area contributed by atoms with Crippen LogP contribution in [0.25, 0.3) is 0 Å². The maximum atomic E-state index is 9.73. The fraction of sp³-hybridized carbons (Fsp3) is 0.357. The minimum atomic E-state index is 0.160. The van der Waals surface area contributed by atoms with Crippen molar-refractivity contribution in [2.45, 2.75) is 25.9 Å². The molecule has 0 amide bonds. The first-order chi connectivity index (χ1) is 9.24. The van der Waals surface area contributed by atoms with Gasteiger partial charge in [0.25, 0.3) is 0 Å². The quantitative estimate of drug-likeness (QED) is 0.746. The fourth-order valence-electron chi connectivity index (χ4n) is 1.99. The number of phenols is 1. The molecule has 0 saturated carbocycles. The van der Waals surface area contributed by atoms with E-state index in [2.05, 4.69) is 22.2 Å². The lowest BCUT2D eigenvalue weighted by Crippen LogP contribution is -2.21. The summed E-state index contributed by atoms with van der Waals surface area (Å²) in [4.78, 5) is 7.37. The summed E-state index contributed by atoms with van der Waals surface area (Å²) in [6.07, 6.45) is 4.51. The third-order valence-corrected chi connectivity index (χ3v) is 3.05. The molecular formula is C14H19N3O2. The lowest BCUT2D eigenvalue weighted by Gasteiger charge is -2.15. The van der Waals surface area contributed by atoms with Crippen LogP contribution in [0.1, 0.15) is 30.8 Å². The van der Waals surface area contributed by atoms with Crippen molar-refractivity contribution in [2.24, 2.45) is 0 Å². The summed E-state index contributed by atoms with van der Waals surface area (Å²) < 4.78 is 5.02. The number of aromatic hydroxyl groups is 1. The van der Waals surface area contributed by atoms with E-state index in [1.54, 1.807) is 18.3 Å². The number of nitrogens with zero attached hydrogens (tertiary/aromatic N) is 1. The third kappa shape index (κ3) is 3.26. The van der Waals surface area contributed by atoms with E-state index in [-0.39, 0.29) is 11.8 Å². The summed E-state index contributed by atoms with van der Waals surface area (Å²) in [7, 11) is 1.54. The van der Waals surface area contributed by atoms with Gasteiger partial charge in [-0.25, -0.2) is 4.98 Å². The molecular weight excluding hydrogens is 242 g/mol. The van der Waals surface area contributed by atoms with Crippen molar-refractivity contribution in [3.63, 3.8) is 0 Å². The maximum absolute atomic E-state index is 9.73. The summed E-state index contributed by atoms with van der Waals surface area (Å²) in [5, 5.41) is 13.1. The molecule has 2 aromatic rings. The van der Waals surface area contributed by atoms with Gasteiger partial charge in [-0.05, 0) is 24.1 Å². The molecule has 2 rings (SSSR count). The van der Waals surface area contributed by atoms with Gasteiger partial charge in [-0.2, -0.15) is 0 Å². The maximum Gasteiger partial charge on any atom is 0.160 e. The monoisotopic (exact) mass is 261 g/mol. The smallest absolute Gasteiger partial charge is 0.160 e. The van der Waals surface area contributed by atoms with Gasteiger partial charge in [-0.1, -0.05) is 13.0 Å². The number of H-pyrrole nitrogens is 1. The predicted octanol–water partition coefficient (Wildman–Crippen LogP) is 2.36. The molecule has 0 aliphatic rings. The summed E-state index contributed by atoms with van der Waals surface area (Å²) >= 11 is 0. The minimum absolute atomic E-state index is 0.160. The molecule has 1 aromatic carbocycles. The predicted molar refractivity (Wildman–Crippen MR) is 73.1 cm³/mol. The molecule has 102 valence electrons. The lowest BCUT2D eigenvalue weighted by molar-refractivity contribution is 0.372. The molecule has 1 atom stereocenters. The Morgan fingerprint density at radius 1 is 1.47 bits per heavy atom. The Morgan fingerprint density at radius 2 is 2.32 bits per heavy atom. The average molecular weight is 261 g/mol. The molecule has 0 radical (unpaired) electrons. The van der Waals surface area contributed by atoms with Gasteiger partial charge in [-0.15, -0.1) is 0 Å². The summed E-state index contributed by atoms with van der Waals surface area (Å²) in [5.41, 5.74) is 1.00. The number of aromatic nitrogens is 2. The zero-order valence-electron chi connectivity index (χ0n) is 11.2. The highest BCUT2D eigenvalue weighted by molar-refractivity contribution is 5.41. The van der Waals surface area contributed by atoms with Crippen LogP contribution >= 0.6 is 0 Å². The van der Waals surface area contributed by atoms with Crippen LogP contribution in [0, 0.1) is 0 Å². The Bertz CT molecular complexity index is 511. The molecule has 0 aliphatic heterocycles. The van der Waals surface area contributed by atoms with E-state index < -0.39 is 0 Å². The van der Waals surface area contributed by atoms with Crippen LogP contribution in [0.2, 0.25) is 0 Å². The number of phenolic OH excluding ortho intramolecular Hbond substituents is 1. The topological polar surface area (TPSA) is 70.2 Å². The average Bonchev–Trinajstić information content (AvgIpc) is 2.94. The van der Waals surface area contributed by atoms with E-state index in [1.807, 2.05) is 12.3 Å². The highest BCUT2D eigenvalue weighted by Gasteiger charge is 2.11. The number of rotatable bonds is 6. The molecule has 0 fully saturated rings. The van der Waals surface area contributed by atoms with Gasteiger partial charge in [0.05, 0.1) is 13.2 Å². The second kappa shape index (κ2) is 6.24. The molecule has 0 aliphatic carbocycles. The van der Waals surface area contributed by atoms with E-state index in [4.69, 9.17) is 4.74 Å². The van der Waals surface area contributed by atoms with E-state index in [9.17, 15) is 5.11 Å². The highest BCUT2D eigenvalue weighted by atomic mass is 16.5. The van der Waals surface area contributed by atoms with Crippen molar-refractivity contribution < 1.29 is 9.84 Å². The van der Waals surface area contributed by atoms with Crippen molar-refractivity contribution >= 4 is 0 Å². The molecule has 1 aromatic heterocycles. The standard InChI is InChI=1S/C14H19N3O2/c1-3-11(14-15-6-7-16-14)17-9-10-4-5-13(19-2)12(18)8-10/h4-8,11,17-18H,3,9H2,1-2H3,(H,15,16). The number of nitrogens with one attached hydrogen (secondary N) is 2. The Balaban J connectivity index is 1.99. The largest absolute Gasteiger partial charge is 0.504 e. The molecule has 5 nitrogen and oxygen atoms in total. The van der Waals surface area contributed by atoms with Crippen LogP contribution in [0.15, 0.2) is 30.6 Å². The van der Waals surface area contributed by atoms with Gasteiger partial charge >= 0.3 is 0 Å². The molecule has 3 N–H and O–H groups in total. The van der Waals surface area contributed by atoms with Gasteiger partial charge in [0, 0.05) is 18.9 Å². The van der Waals surface area contributed by atoms with Crippen LogP contribution in [-0.4, -0.2) is 22.2 Å². The number of benzene rings is 1. The van der Waals surface area contributed by atoms with E-state index in [0.29, 0.717) is 12.3 Å². The summed E-state index contributed by atoms with van der Waals surface area (Å²) in [6.45, 7) is 2.77. The number of methoxy groups -OCH3 is 1. The molecule has 1 heterocycles. The Labute approximate surface area is 112 Å². The van der Waals surface area contributed by atoms with Gasteiger partial charge < -0.3 is 20.1 Å². The second-order valence-electron chi connectivity index (χ2n) is 4.32. The van der Waals surface area contributed by atoms with Crippen LogP contribution in [0.5, 0.6) is 11.5 Å². The van der Waals surface area contributed by atoms with E-state index >= 15 is 0 Å². The van der Waals surface area contributed by atoms with E-state index in [1.165, 1.54) is 7.11 Å². The Morgan fingerprint density at radius 3 is 2.89 bits per heavy atom. The SMILES string of the molecule is CCC(NCc1ccc(OC)c(O)c1)c1ncc[nH]1. The number of aromatic amines is 1. The van der Waals surface area contributed by atoms with Crippen LogP contribution in [0.4, 0.5) is 0 Å². The third-order valence-electron chi connectivity index (χ3n) is 3.05. The Hall–Kier alpha value is -2.01. The van der Waals surface area contributed by atoms with Crippen LogP contribution in [-0.2, 0) is 6.54 Å². The molecule has 0 saturated heterocycles. The number of imidazole rings is 1. The van der Waals surface area contributed by atoms with Crippen LogP contribution in [0.3, 0.4) is 0 Å². The van der Waals surface area contributed by atoms with Crippen LogP contribution < -0.4 is 10.1 Å². The lowest BCUT2D eigenvalue weighted by atomic mass is 10.1. The van der Waals surface area contributed by atoms with E-state index in [0.717, 1.165) is 17.8 Å². The fourth-order valence-corrected chi connectivity index (χ4v) is 1.99.